The Morgan fingerprint density at radius 2 is 1.78 bits per heavy atom. The zero-order valence-corrected chi connectivity index (χ0v) is 18.3. The molecule has 2 aliphatic heterocycles. The monoisotopic (exact) mass is 424 g/mol. The van der Waals surface area contributed by atoms with Crippen molar-refractivity contribution in [2.75, 3.05) is 25.6 Å². The highest BCUT2D eigenvalue weighted by molar-refractivity contribution is 5.60. The highest BCUT2D eigenvalue weighted by atomic mass is 16.5. The number of fused-ring (bicyclic) bond motifs is 3. The van der Waals surface area contributed by atoms with Crippen LogP contribution in [0.2, 0.25) is 0 Å². The molecular weight excluding hydrogens is 396 g/mol. The Morgan fingerprint density at radius 1 is 1.00 bits per heavy atom. The largest absolute Gasteiger partial charge is 0.496 e. The molecule has 0 saturated carbocycles. The van der Waals surface area contributed by atoms with Crippen LogP contribution in [0.1, 0.15) is 34.7 Å². The van der Waals surface area contributed by atoms with E-state index in [-0.39, 0.29) is 18.7 Å². The number of rotatable bonds is 4. The van der Waals surface area contributed by atoms with Crippen LogP contribution in [0.25, 0.3) is 0 Å². The number of hydrogen-bond acceptors (Lipinski definition) is 4. The average molecular weight is 425 g/mol. The van der Waals surface area contributed by atoms with Crippen molar-refractivity contribution in [2.24, 2.45) is 5.92 Å². The number of hydrogen-bond donors (Lipinski definition) is 2. The van der Waals surface area contributed by atoms with Crippen LogP contribution in [0.5, 0.6) is 5.75 Å². The van der Waals surface area contributed by atoms with Crippen molar-refractivity contribution in [3.63, 3.8) is 0 Å². The first-order valence-electron chi connectivity index (χ1n) is 11.2. The van der Waals surface area contributed by atoms with E-state index in [9.17, 15) is 5.11 Å². The van der Waals surface area contributed by atoms with E-state index in [0.717, 1.165) is 42.1 Å². The van der Waals surface area contributed by atoms with E-state index in [4.69, 9.17) is 4.74 Å². The number of ether oxygens (including phenoxy) is 1. The van der Waals surface area contributed by atoms with Gasteiger partial charge in [-0.15, -0.1) is 0 Å². The maximum Gasteiger partial charge on any atom is 0.123 e. The standard InChI is InChI=1S/C28H28N2O2/c1-32-27-10-6-5-9-22(27)18-30-16-15-23-26(19-31)29-25-14-13-21(17-24(25)28(23)30)12-11-20-7-3-2-4-8-20/h2-10,13-14,17,23,26,28-29,31H,15-16,18-19H2,1H3/t23-,26-,28-/m1/s1. The minimum atomic E-state index is 0.0661. The summed E-state index contributed by atoms with van der Waals surface area (Å²) < 4.78 is 5.60. The molecule has 3 atom stereocenters. The second kappa shape index (κ2) is 9.08. The van der Waals surface area contributed by atoms with Gasteiger partial charge in [0.1, 0.15) is 5.75 Å². The molecule has 4 nitrogen and oxygen atoms in total. The molecule has 2 heterocycles. The molecule has 1 fully saturated rings. The lowest BCUT2D eigenvalue weighted by molar-refractivity contribution is 0.171. The molecule has 4 heteroatoms. The van der Waals surface area contributed by atoms with Crippen molar-refractivity contribution in [2.45, 2.75) is 25.0 Å². The number of likely N-dealkylation sites (tertiary alicyclic amines) is 1. The fraction of sp³-hybridized carbons (Fsp3) is 0.286. The van der Waals surface area contributed by atoms with Crippen LogP contribution in [-0.2, 0) is 6.54 Å². The third kappa shape index (κ3) is 3.98. The number of methoxy groups -OCH3 is 1. The molecule has 3 aromatic rings. The minimum absolute atomic E-state index is 0.0661. The average Bonchev–Trinajstić information content (AvgIpc) is 3.27. The molecule has 5 rings (SSSR count). The van der Waals surface area contributed by atoms with Crippen LogP contribution in [0.3, 0.4) is 0 Å². The quantitative estimate of drug-likeness (QED) is 0.608. The van der Waals surface area contributed by atoms with Gasteiger partial charge in [0, 0.05) is 40.9 Å². The van der Waals surface area contributed by atoms with Gasteiger partial charge in [-0.25, -0.2) is 0 Å². The van der Waals surface area contributed by atoms with Gasteiger partial charge in [0.15, 0.2) is 0 Å². The summed E-state index contributed by atoms with van der Waals surface area (Å²) >= 11 is 0. The Morgan fingerprint density at radius 3 is 2.59 bits per heavy atom. The summed E-state index contributed by atoms with van der Waals surface area (Å²) in [5.41, 5.74) is 5.59. The van der Waals surface area contributed by atoms with Crippen molar-refractivity contribution in [3.8, 4) is 17.6 Å². The first kappa shape index (κ1) is 20.6. The van der Waals surface area contributed by atoms with Gasteiger partial charge in [-0.05, 0) is 54.9 Å². The number of aliphatic hydroxyl groups excluding tert-OH is 1. The summed E-state index contributed by atoms with van der Waals surface area (Å²) in [5, 5.41) is 13.6. The number of nitrogens with one attached hydrogen (secondary N) is 1. The van der Waals surface area contributed by atoms with Gasteiger partial charge in [0.25, 0.3) is 0 Å². The summed E-state index contributed by atoms with van der Waals surface area (Å²) in [4.78, 5) is 2.53. The third-order valence-corrected chi connectivity index (χ3v) is 6.66. The molecule has 2 aliphatic rings. The van der Waals surface area contributed by atoms with Gasteiger partial charge < -0.3 is 15.2 Å². The van der Waals surface area contributed by atoms with Gasteiger partial charge in [-0.3, -0.25) is 4.90 Å². The third-order valence-electron chi connectivity index (χ3n) is 6.66. The summed E-state index contributed by atoms with van der Waals surface area (Å²) in [6.07, 6.45) is 1.05. The molecule has 0 aliphatic carbocycles. The van der Waals surface area contributed by atoms with E-state index >= 15 is 0 Å². The number of nitrogens with zero attached hydrogens (tertiary/aromatic N) is 1. The van der Waals surface area contributed by atoms with Crippen molar-refractivity contribution < 1.29 is 9.84 Å². The van der Waals surface area contributed by atoms with Crippen LogP contribution in [0.4, 0.5) is 5.69 Å². The molecule has 32 heavy (non-hydrogen) atoms. The Bertz CT molecular complexity index is 1150. The molecule has 0 radical (unpaired) electrons. The number of aliphatic hydroxyl groups is 1. The normalized spacial score (nSPS) is 21.6. The molecule has 0 aromatic heterocycles. The van der Waals surface area contributed by atoms with E-state index in [1.807, 2.05) is 42.5 Å². The van der Waals surface area contributed by atoms with E-state index < -0.39 is 0 Å². The van der Waals surface area contributed by atoms with Crippen LogP contribution in [0.15, 0.2) is 72.8 Å². The van der Waals surface area contributed by atoms with Gasteiger partial charge in [0.05, 0.1) is 19.8 Å². The van der Waals surface area contributed by atoms with E-state index in [1.165, 1.54) is 11.1 Å². The molecule has 162 valence electrons. The Balaban J connectivity index is 1.49. The number of anilines is 1. The second-order valence-electron chi connectivity index (χ2n) is 8.53. The molecule has 2 N–H and O–H groups in total. The Hall–Kier alpha value is -3.26. The van der Waals surface area contributed by atoms with E-state index in [1.54, 1.807) is 7.11 Å². The van der Waals surface area contributed by atoms with Crippen LogP contribution < -0.4 is 10.1 Å². The maximum atomic E-state index is 10.1. The SMILES string of the molecule is COc1ccccc1CN1CC[C@@H]2[C@@H](CO)Nc3ccc(C#Cc4ccccc4)cc3[C@@H]21. The number of benzene rings is 3. The van der Waals surface area contributed by atoms with Gasteiger partial charge >= 0.3 is 0 Å². The van der Waals surface area contributed by atoms with Gasteiger partial charge in [0.2, 0.25) is 0 Å². The maximum absolute atomic E-state index is 10.1. The molecule has 0 spiro atoms. The van der Waals surface area contributed by atoms with Crippen molar-refractivity contribution in [1.29, 1.82) is 0 Å². The molecule has 0 bridgehead atoms. The van der Waals surface area contributed by atoms with Crippen molar-refractivity contribution in [3.05, 3.63) is 95.1 Å². The summed E-state index contributed by atoms with van der Waals surface area (Å²) in [5.74, 6) is 7.89. The Kier molecular flexibility index (Phi) is 5.85. The summed E-state index contributed by atoms with van der Waals surface area (Å²) in [6.45, 7) is 1.95. The Labute approximate surface area is 189 Å². The topological polar surface area (TPSA) is 44.7 Å². The van der Waals surface area contributed by atoms with Crippen LogP contribution in [-0.4, -0.2) is 36.3 Å². The second-order valence-corrected chi connectivity index (χ2v) is 8.53. The molecule has 1 saturated heterocycles. The zero-order chi connectivity index (χ0) is 21.9. The highest BCUT2D eigenvalue weighted by Gasteiger charge is 2.43. The van der Waals surface area contributed by atoms with E-state index in [0.29, 0.717) is 5.92 Å². The fourth-order valence-electron chi connectivity index (χ4n) is 5.13. The van der Waals surface area contributed by atoms with Gasteiger partial charge in [-0.2, -0.15) is 0 Å². The lowest BCUT2D eigenvalue weighted by atomic mass is 9.82. The zero-order valence-electron chi connectivity index (χ0n) is 18.3. The lowest BCUT2D eigenvalue weighted by Gasteiger charge is -2.39. The summed E-state index contributed by atoms with van der Waals surface area (Å²) in [6, 6.07) is 25.0. The lowest BCUT2D eigenvalue weighted by Crippen LogP contribution is -2.41. The van der Waals surface area contributed by atoms with Crippen molar-refractivity contribution >= 4 is 5.69 Å². The molecule has 0 unspecified atom stereocenters. The van der Waals surface area contributed by atoms with E-state index in [2.05, 4.69) is 52.4 Å². The highest BCUT2D eigenvalue weighted by Crippen LogP contribution is 2.47. The summed E-state index contributed by atoms with van der Waals surface area (Å²) in [7, 11) is 1.73. The number of para-hydroxylation sites is 1. The van der Waals surface area contributed by atoms with Gasteiger partial charge in [-0.1, -0.05) is 48.2 Å². The molecule has 0 amide bonds. The minimum Gasteiger partial charge on any atom is -0.496 e. The van der Waals surface area contributed by atoms with Crippen LogP contribution >= 0.6 is 0 Å². The van der Waals surface area contributed by atoms with Crippen LogP contribution in [0, 0.1) is 17.8 Å². The molecular formula is C28H28N2O2. The predicted molar refractivity (Wildman–Crippen MR) is 128 cm³/mol. The van der Waals surface area contributed by atoms with Crippen molar-refractivity contribution in [1.82, 2.24) is 4.90 Å². The predicted octanol–water partition coefficient (Wildman–Crippen LogP) is 4.44. The first-order chi connectivity index (χ1) is 15.8. The molecule has 3 aromatic carbocycles. The first-order valence-corrected chi connectivity index (χ1v) is 11.2. The smallest absolute Gasteiger partial charge is 0.123 e. The fourth-order valence-corrected chi connectivity index (χ4v) is 5.13.